The van der Waals surface area contributed by atoms with Gasteiger partial charge in [0.1, 0.15) is 0 Å². The van der Waals surface area contributed by atoms with Crippen LogP contribution in [-0.4, -0.2) is 19.3 Å². The fourth-order valence-corrected chi connectivity index (χ4v) is 3.97. The number of hydrogen-bond acceptors (Lipinski definition) is 4. The molecule has 0 saturated carbocycles. The van der Waals surface area contributed by atoms with Crippen LogP contribution in [0.5, 0.6) is 0 Å². The number of nitrogens with zero attached hydrogens (tertiary/aromatic N) is 1. The van der Waals surface area contributed by atoms with E-state index in [1.807, 2.05) is 24.3 Å². The Morgan fingerprint density at radius 1 is 0.839 bits per heavy atom. The predicted octanol–water partition coefficient (Wildman–Crippen LogP) is 3.79. The van der Waals surface area contributed by atoms with Crippen LogP contribution in [0.15, 0.2) is 78.0 Å². The quantitative estimate of drug-likeness (QED) is 0.589. The number of rotatable bonds is 7. The topological polar surface area (TPSA) is 88.2 Å². The van der Waals surface area contributed by atoms with Gasteiger partial charge in [-0.1, -0.05) is 45.0 Å². The van der Waals surface area contributed by atoms with E-state index in [1.54, 1.807) is 48.8 Å². The van der Waals surface area contributed by atoms with Crippen molar-refractivity contribution in [2.75, 3.05) is 0 Å². The molecule has 0 aliphatic heterocycles. The van der Waals surface area contributed by atoms with Crippen LogP contribution in [0.3, 0.4) is 0 Å². The van der Waals surface area contributed by atoms with Crippen molar-refractivity contribution in [1.29, 1.82) is 0 Å². The molecular formula is C24H27N3O3S. The number of sulfonamides is 1. The van der Waals surface area contributed by atoms with Crippen molar-refractivity contribution in [2.45, 2.75) is 44.2 Å². The number of pyridine rings is 1. The molecule has 162 valence electrons. The Morgan fingerprint density at radius 2 is 1.42 bits per heavy atom. The van der Waals surface area contributed by atoms with Gasteiger partial charge in [-0.2, -0.15) is 0 Å². The van der Waals surface area contributed by atoms with E-state index < -0.39 is 10.0 Å². The molecule has 0 radical (unpaired) electrons. The second-order valence-electron chi connectivity index (χ2n) is 8.33. The molecule has 0 spiro atoms. The Bertz CT molecular complexity index is 1120. The molecule has 1 amide bonds. The van der Waals surface area contributed by atoms with Crippen molar-refractivity contribution < 1.29 is 13.2 Å². The molecule has 1 aromatic heterocycles. The minimum absolute atomic E-state index is 0.0396. The number of carbonyl (C=O) groups is 1. The van der Waals surface area contributed by atoms with Crippen molar-refractivity contribution >= 4 is 15.9 Å². The summed E-state index contributed by atoms with van der Waals surface area (Å²) in [6.07, 6.45) is 3.35. The molecule has 3 aromatic rings. The first-order chi connectivity index (χ1) is 14.6. The highest BCUT2D eigenvalue weighted by atomic mass is 32.2. The van der Waals surface area contributed by atoms with Crippen molar-refractivity contribution in [2.24, 2.45) is 0 Å². The average molecular weight is 438 g/mol. The zero-order valence-corrected chi connectivity index (χ0v) is 18.7. The van der Waals surface area contributed by atoms with E-state index in [9.17, 15) is 13.2 Å². The fourth-order valence-electron chi connectivity index (χ4n) is 2.95. The molecule has 2 aromatic carbocycles. The molecule has 1 heterocycles. The monoisotopic (exact) mass is 437 g/mol. The Morgan fingerprint density at radius 3 is 2.00 bits per heavy atom. The third kappa shape index (κ3) is 6.23. The van der Waals surface area contributed by atoms with Crippen LogP contribution < -0.4 is 10.0 Å². The minimum atomic E-state index is -3.62. The number of amides is 1. The van der Waals surface area contributed by atoms with Crippen LogP contribution in [0.25, 0.3) is 0 Å². The highest BCUT2D eigenvalue weighted by molar-refractivity contribution is 7.89. The molecular weight excluding hydrogens is 410 g/mol. The highest BCUT2D eigenvalue weighted by Crippen LogP contribution is 2.23. The van der Waals surface area contributed by atoms with Gasteiger partial charge in [-0.25, -0.2) is 13.1 Å². The standard InChI is InChI=1S/C24H27N3O3S/c1-24(2,3)21-8-10-22(11-9-21)31(29,30)27-17-18-4-6-20(7-5-18)23(28)26-16-19-12-14-25-15-13-19/h4-15,27H,16-17H2,1-3H3,(H,26,28). The lowest BCUT2D eigenvalue weighted by atomic mass is 9.87. The number of carbonyl (C=O) groups excluding carboxylic acids is 1. The van der Waals surface area contributed by atoms with Crippen molar-refractivity contribution in [1.82, 2.24) is 15.0 Å². The summed E-state index contributed by atoms with van der Waals surface area (Å²) in [5.74, 6) is -0.192. The van der Waals surface area contributed by atoms with Gasteiger partial charge in [0.2, 0.25) is 10.0 Å². The maximum absolute atomic E-state index is 12.6. The molecule has 31 heavy (non-hydrogen) atoms. The molecule has 0 atom stereocenters. The van der Waals surface area contributed by atoms with Crippen LogP contribution in [0.2, 0.25) is 0 Å². The summed E-state index contributed by atoms with van der Waals surface area (Å²) in [6, 6.07) is 17.5. The lowest BCUT2D eigenvalue weighted by Crippen LogP contribution is -2.24. The summed E-state index contributed by atoms with van der Waals surface area (Å²) < 4.78 is 27.8. The van der Waals surface area contributed by atoms with Gasteiger partial charge in [-0.15, -0.1) is 0 Å². The lowest BCUT2D eigenvalue weighted by molar-refractivity contribution is 0.0951. The predicted molar refractivity (Wildman–Crippen MR) is 121 cm³/mol. The van der Waals surface area contributed by atoms with Gasteiger partial charge in [0.05, 0.1) is 4.90 Å². The molecule has 0 bridgehead atoms. The molecule has 3 rings (SSSR count). The largest absolute Gasteiger partial charge is 0.348 e. The summed E-state index contributed by atoms with van der Waals surface area (Å²) in [7, 11) is -3.62. The van der Waals surface area contributed by atoms with Crippen LogP contribution in [0, 0.1) is 0 Å². The summed E-state index contributed by atoms with van der Waals surface area (Å²) in [5.41, 5.74) is 3.27. The van der Waals surface area contributed by atoms with Gasteiger partial charge in [-0.3, -0.25) is 9.78 Å². The van der Waals surface area contributed by atoms with E-state index in [0.717, 1.165) is 16.7 Å². The normalized spacial score (nSPS) is 11.8. The van der Waals surface area contributed by atoms with Crippen molar-refractivity contribution in [3.63, 3.8) is 0 Å². The van der Waals surface area contributed by atoms with Gasteiger partial charge < -0.3 is 5.32 Å². The Labute approximate surface area is 183 Å². The molecule has 7 heteroatoms. The third-order valence-electron chi connectivity index (χ3n) is 4.92. The summed E-state index contributed by atoms with van der Waals surface area (Å²) >= 11 is 0. The second-order valence-corrected chi connectivity index (χ2v) is 10.1. The van der Waals surface area contributed by atoms with Gasteiger partial charge in [0.25, 0.3) is 5.91 Å². The zero-order chi connectivity index (χ0) is 22.5. The van der Waals surface area contributed by atoms with E-state index in [2.05, 4.69) is 35.8 Å². The maximum atomic E-state index is 12.6. The first-order valence-electron chi connectivity index (χ1n) is 10.0. The van der Waals surface area contributed by atoms with Crippen LogP contribution in [0.1, 0.15) is 47.8 Å². The Kier molecular flexibility index (Phi) is 6.87. The van der Waals surface area contributed by atoms with Gasteiger partial charge >= 0.3 is 0 Å². The summed E-state index contributed by atoms with van der Waals surface area (Å²) in [5, 5.41) is 2.85. The zero-order valence-electron chi connectivity index (χ0n) is 17.9. The molecule has 0 aliphatic carbocycles. The Balaban J connectivity index is 1.57. The number of nitrogens with one attached hydrogen (secondary N) is 2. The van der Waals surface area contributed by atoms with E-state index in [0.29, 0.717) is 12.1 Å². The van der Waals surface area contributed by atoms with Gasteiger partial charge in [0.15, 0.2) is 0 Å². The summed E-state index contributed by atoms with van der Waals surface area (Å²) in [4.78, 5) is 16.5. The van der Waals surface area contributed by atoms with Crippen LogP contribution >= 0.6 is 0 Å². The third-order valence-corrected chi connectivity index (χ3v) is 6.33. The minimum Gasteiger partial charge on any atom is -0.348 e. The summed E-state index contributed by atoms with van der Waals surface area (Å²) in [6.45, 7) is 6.80. The SMILES string of the molecule is CC(C)(C)c1ccc(S(=O)(=O)NCc2ccc(C(=O)NCc3ccncc3)cc2)cc1. The fraction of sp³-hybridized carbons (Fsp3) is 0.250. The number of aromatic nitrogens is 1. The van der Waals surface area contributed by atoms with Gasteiger partial charge in [0, 0.05) is 31.0 Å². The molecule has 6 nitrogen and oxygen atoms in total. The smallest absolute Gasteiger partial charge is 0.251 e. The first kappa shape index (κ1) is 22.7. The number of benzene rings is 2. The van der Waals surface area contributed by atoms with Gasteiger partial charge in [-0.05, 0) is 58.5 Å². The molecule has 0 saturated heterocycles. The van der Waals surface area contributed by atoms with Crippen LogP contribution in [-0.2, 0) is 28.5 Å². The molecule has 0 unspecified atom stereocenters. The number of hydrogen-bond donors (Lipinski definition) is 2. The van der Waals surface area contributed by atoms with E-state index in [-0.39, 0.29) is 22.8 Å². The first-order valence-corrected chi connectivity index (χ1v) is 11.5. The molecule has 0 fully saturated rings. The molecule has 2 N–H and O–H groups in total. The van der Waals surface area contributed by atoms with E-state index >= 15 is 0 Å². The van der Waals surface area contributed by atoms with E-state index in [4.69, 9.17) is 0 Å². The Hall–Kier alpha value is -3.03. The second kappa shape index (κ2) is 9.41. The molecule has 0 aliphatic rings. The van der Waals surface area contributed by atoms with Crippen LogP contribution in [0.4, 0.5) is 0 Å². The van der Waals surface area contributed by atoms with E-state index in [1.165, 1.54) is 0 Å². The average Bonchev–Trinajstić information content (AvgIpc) is 2.77. The highest BCUT2D eigenvalue weighted by Gasteiger charge is 2.17. The maximum Gasteiger partial charge on any atom is 0.251 e. The lowest BCUT2D eigenvalue weighted by Gasteiger charge is -2.19. The van der Waals surface area contributed by atoms with Crippen molar-refractivity contribution in [3.05, 3.63) is 95.3 Å². The van der Waals surface area contributed by atoms with Crippen molar-refractivity contribution in [3.8, 4) is 0 Å².